The first-order chi connectivity index (χ1) is 15.2. The molecule has 0 saturated carbocycles. The van der Waals surface area contributed by atoms with Gasteiger partial charge in [-0.05, 0) is 54.0 Å². The fraction of sp³-hybridized carbons (Fsp3) is 0.682. The predicted molar refractivity (Wildman–Crippen MR) is 118 cm³/mol. The molecule has 1 saturated heterocycles. The number of halogens is 2. The van der Waals surface area contributed by atoms with Crippen molar-refractivity contribution in [2.75, 3.05) is 13.2 Å². The molecule has 0 aromatic heterocycles. The van der Waals surface area contributed by atoms with Crippen molar-refractivity contribution in [2.45, 2.75) is 83.8 Å². The molecule has 3 atom stereocenters. The molecule has 1 N–H and O–H groups in total. The molecule has 0 bridgehead atoms. The van der Waals surface area contributed by atoms with Crippen LogP contribution in [0.5, 0.6) is 0 Å². The highest BCUT2D eigenvalue weighted by Crippen LogP contribution is 2.65. The monoisotopic (exact) mass is 493 g/mol. The fourth-order valence-electron chi connectivity index (χ4n) is 3.45. The van der Waals surface area contributed by atoms with Gasteiger partial charge >= 0.3 is 19.4 Å². The van der Waals surface area contributed by atoms with Crippen molar-refractivity contribution < 1.29 is 41.4 Å². The summed E-state index contributed by atoms with van der Waals surface area (Å²) in [5.74, 6) is -1.51. The van der Waals surface area contributed by atoms with Gasteiger partial charge in [0.25, 0.3) is 0 Å². The lowest BCUT2D eigenvalue weighted by molar-refractivity contribution is -0.335. The van der Waals surface area contributed by atoms with Gasteiger partial charge in [-0.15, -0.1) is 0 Å². The summed E-state index contributed by atoms with van der Waals surface area (Å²) in [5.41, 5.74) is -4.50. The van der Waals surface area contributed by atoms with Crippen molar-refractivity contribution in [2.24, 2.45) is 0 Å². The number of alkyl carbamates (subject to hydrolysis) is 1. The Kier molecular flexibility index (Phi) is 8.68. The molecular weight excluding hydrogens is 459 g/mol. The van der Waals surface area contributed by atoms with Crippen LogP contribution in [0.4, 0.5) is 13.6 Å². The molecule has 8 nitrogen and oxygen atoms in total. The summed E-state index contributed by atoms with van der Waals surface area (Å²) in [6.07, 6.45) is -4.15. The van der Waals surface area contributed by atoms with E-state index in [-0.39, 0.29) is 13.2 Å². The molecule has 188 valence electrons. The van der Waals surface area contributed by atoms with Crippen LogP contribution in [0.3, 0.4) is 0 Å². The van der Waals surface area contributed by atoms with Crippen molar-refractivity contribution in [1.82, 2.24) is 5.32 Å². The number of carbonyl (C=O) groups is 1. The van der Waals surface area contributed by atoms with Crippen LogP contribution in [0.15, 0.2) is 30.3 Å². The smallest absolute Gasteiger partial charge is 0.408 e. The van der Waals surface area contributed by atoms with Crippen LogP contribution in [-0.2, 0) is 27.8 Å². The zero-order chi connectivity index (χ0) is 25.1. The van der Waals surface area contributed by atoms with E-state index < -0.39 is 49.0 Å². The van der Waals surface area contributed by atoms with Gasteiger partial charge in [-0.1, -0.05) is 30.3 Å². The van der Waals surface area contributed by atoms with Crippen LogP contribution in [0, 0.1) is 0 Å². The number of carbonyl (C=O) groups excluding carboxylic acids is 1. The van der Waals surface area contributed by atoms with E-state index in [1.165, 1.54) is 27.7 Å². The highest BCUT2D eigenvalue weighted by molar-refractivity contribution is 7.55. The van der Waals surface area contributed by atoms with E-state index >= 15 is 8.78 Å². The first kappa shape index (κ1) is 27.7. The quantitative estimate of drug-likeness (QED) is 0.469. The molecule has 1 amide bonds. The zero-order valence-electron chi connectivity index (χ0n) is 20.1. The van der Waals surface area contributed by atoms with E-state index in [0.29, 0.717) is 5.56 Å². The maximum atomic E-state index is 15.9. The molecule has 0 aliphatic carbocycles. The van der Waals surface area contributed by atoms with Gasteiger partial charge in [0.1, 0.15) is 11.7 Å². The van der Waals surface area contributed by atoms with Gasteiger partial charge < -0.3 is 28.6 Å². The van der Waals surface area contributed by atoms with Gasteiger partial charge in [0.05, 0.1) is 19.3 Å². The Hall–Kier alpha value is -1.58. The number of nitrogens with one attached hydrogen (secondary N) is 1. The molecular formula is C22H34F2NO7P. The minimum absolute atomic E-state index is 0.272. The van der Waals surface area contributed by atoms with Crippen LogP contribution < -0.4 is 5.32 Å². The van der Waals surface area contributed by atoms with E-state index in [1.807, 2.05) is 0 Å². The summed E-state index contributed by atoms with van der Waals surface area (Å²) in [6, 6.07) is 7.05. The number of hydrogen-bond donors (Lipinski definition) is 1. The van der Waals surface area contributed by atoms with Crippen LogP contribution >= 0.6 is 7.60 Å². The molecule has 1 aliphatic rings. The van der Waals surface area contributed by atoms with E-state index in [1.54, 1.807) is 51.1 Å². The third-order valence-electron chi connectivity index (χ3n) is 4.59. The van der Waals surface area contributed by atoms with E-state index in [0.717, 1.165) is 0 Å². The van der Waals surface area contributed by atoms with Crippen LogP contribution in [0.1, 0.15) is 60.1 Å². The maximum absolute atomic E-state index is 15.9. The molecule has 2 rings (SSSR count). The van der Waals surface area contributed by atoms with Crippen LogP contribution in [-0.4, -0.2) is 48.5 Å². The number of hydrogen-bond acceptors (Lipinski definition) is 7. The second-order valence-corrected chi connectivity index (χ2v) is 11.1. The largest absolute Gasteiger partial charge is 0.444 e. The molecule has 1 aliphatic heterocycles. The Morgan fingerprint density at radius 2 is 1.64 bits per heavy atom. The summed E-state index contributed by atoms with van der Waals surface area (Å²) in [5, 5.41) is 2.45. The molecule has 1 heterocycles. The number of rotatable bonds is 8. The molecule has 0 spiro atoms. The van der Waals surface area contributed by atoms with Gasteiger partial charge in [0, 0.05) is 0 Å². The van der Waals surface area contributed by atoms with Crippen molar-refractivity contribution in [3.05, 3.63) is 35.9 Å². The van der Waals surface area contributed by atoms with Gasteiger partial charge in [0.15, 0.2) is 11.9 Å². The van der Waals surface area contributed by atoms with Crippen molar-refractivity contribution >= 4 is 13.7 Å². The molecule has 11 heteroatoms. The van der Waals surface area contributed by atoms with Gasteiger partial charge in [-0.25, -0.2) is 4.79 Å². The topological polar surface area (TPSA) is 92.3 Å². The Morgan fingerprint density at radius 1 is 1.09 bits per heavy atom. The Labute approximate surface area is 193 Å². The molecule has 0 unspecified atom stereocenters. The highest BCUT2D eigenvalue weighted by atomic mass is 31.2. The van der Waals surface area contributed by atoms with Crippen LogP contribution in [0.2, 0.25) is 0 Å². The third kappa shape index (κ3) is 6.73. The normalized spacial score (nSPS) is 23.7. The Bertz CT molecular complexity index is 835. The summed E-state index contributed by atoms with van der Waals surface area (Å²) >= 11 is 0. The number of alkyl halides is 2. The molecule has 1 aromatic rings. The lowest BCUT2D eigenvalue weighted by Crippen LogP contribution is -2.63. The zero-order valence-corrected chi connectivity index (χ0v) is 21.0. The second-order valence-electron chi connectivity index (χ2n) is 8.98. The SMILES string of the molecule is CCOP(=O)(OCC)C(F)(F)[C@@H]1OC(C)(C)O[C@H](c2ccccc2)[C@H]1NC(=O)OC(C)(C)C. The molecule has 1 aromatic carbocycles. The van der Waals surface area contributed by atoms with E-state index in [9.17, 15) is 9.36 Å². The summed E-state index contributed by atoms with van der Waals surface area (Å²) in [4.78, 5) is 12.6. The first-order valence-electron chi connectivity index (χ1n) is 10.8. The first-order valence-corrected chi connectivity index (χ1v) is 12.4. The number of ether oxygens (including phenoxy) is 3. The van der Waals surface area contributed by atoms with Crippen LogP contribution in [0.25, 0.3) is 0 Å². The van der Waals surface area contributed by atoms with Crippen molar-refractivity contribution in [3.8, 4) is 0 Å². The lowest BCUT2D eigenvalue weighted by atomic mass is 9.95. The molecule has 0 radical (unpaired) electrons. The molecule has 33 heavy (non-hydrogen) atoms. The van der Waals surface area contributed by atoms with Gasteiger partial charge in [0.2, 0.25) is 0 Å². The Balaban J connectivity index is 2.59. The summed E-state index contributed by atoms with van der Waals surface area (Å²) in [6.45, 7) is 10.2. The predicted octanol–water partition coefficient (Wildman–Crippen LogP) is 5.63. The number of benzene rings is 1. The van der Waals surface area contributed by atoms with E-state index in [4.69, 9.17) is 23.3 Å². The minimum atomic E-state index is -4.99. The summed E-state index contributed by atoms with van der Waals surface area (Å²) < 4.78 is 71.8. The maximum Gasteiger partial charge on any atom is 0.408 e. The average molecular weight is 493 g/mol. The highest BCUT2D eigenvalue weighted by Gasteiger charge is 2.66. The van der Waals surface area contributed by atoms with E-state index in [2.05, 4.69) is 5.32 Å². The van der Waals surface area contributed by atoms with Crippen molar-refractivity contribution in [3.63, 3.8) is 0 Å². The molecule has 1 fully saturated rings. The summed E-state index contributed by atoms with van der Waals surface area (Å²) in [7, 11) is -4.99. The van der Waals surface area contributed by atoms with Gasteiger partial charge in [-0.2, -0.15) is 8.78 Å². The average Bonchev–Trinajstić information content (AvgIpc) is 2.68. The minimum Gasteiger partial charge on any atom is -0.444 e. The standard InChI is InChI=1S/C22H34F2NO7P/c1-8-28-33(27,29-9-2)22(23,24)18-16(25-19(26)32-20(3,4)5)17(30-21(6,7)31-18)15-13-11-10-12-14-15/h10-14,16-18H,8-9H2,1-7H3,(H,25,26)/t16-,17-,18-/m1/s1. The van der Waals surface area contributed by atoms with Gasteiger partial charge in [-0.3, -0.25) is 4.57 Å². The Morgan fingerprint density at radius 3 is 2.12 bits per heavy atom. The number of amides is 1. The fourth-order valence-corrected chi connectivity index (χ4v) is 5.07. The lowest BCUT2D eigenvalue weighted by Gasteiger charge is -2.48. The third-order valence-corrected chi connectivity index (χ3v) is 6.77. The second kappa shape index (κ2) is 10.4. The van der Waals surface area contributed by atoms with Crippen molar-refractivity contribution in [1.29, 1.82) is 0 Å².